The van der Waals surface area contributed by atoms with Crippen molar-refractivity contribution in [3.63, 3.8) is 0 Å². The highest BCUT2D eigenvalue weighted by molar-refractivity contribution is 7.12. The molecule has 6 N–H and O–H groups in total. The third-order valence-electron chi connectivity index (χ3n) is 8.77. The van der Waals surface area contributed by atoms with Gasteiger partial charge in [0.15, 0.2) is 5.84 Å². The summed E-state index contributed by atoms with van der Waals surface area (Å²) < 4.78 is 1.81. The molecule has 44 heavy (non-hydrogen) atoms. The average molecular weight is 614 g/mol. The Kier molecular flexibility index (Phi) is 8.82. The van der Waals surface area contributed by atoms with Crippen molar-refractivity contribution in [2.45, 2.75) is 84.8 Å². The number of hydrogen-bond donors (Lipinski definition) is 4. The van der Waals surface area contributed by atoms with Gasteiger partial charge in [0.05, 0.1) is 23.3 Å². The lowest BCUT2D eigenvalue weighted by atomic mass is 9.96. The van der Waals surface area contributed by atoms with Crippen LogP contribution in [0.1, 0.15) is 91.0 Å². The van der Waals surface area contributed by atoms with Crippen LogP contribution in [0.15, 0.2) is 64.5 Å². The summed E-state index contributed by atoms with van der Waals surface area (Å²) in [5.41, 5.74) is 8.07. The molecule has 0 aliphatic carbocycles. The summed E-state index contributed by atoms with van der Waals surface area (Å²) in [6.07, 6.45) is 3.26. The Bertz CT molecular complexity index is 1720. The zero-order chi connectivity index (χ0) is 31.8. The lowest BCUT2D eigenvalue weighted by Gasteiger charge is -2.35. The minimum absolute atomic E-state index is 0.00621. The van der Waals surface area contributed by atoms with E-state index < -0.39 is 11.1 Å². The van der Waals surface area contributed by atoms with Crippen LogP contribution in [0.25, 0.3) is 11.1 Å². The van der Waals surface area contributed by atoms with Crippen LogP contribution in [-0.2, 0) is 30.5 Å². The Hall–Kier alpha value is -3.83. The highest BCUT2D eigenvalue weighted by Crippen LogP contribution is 2.51. The number of unbranched alkanes of at least 4 members (excludes halogenated alkanes) is 1. The number of aryl methyl sites for hydroxylation is 2. The monoisotopic (exact) mass is 613 g/mol. The number of aromatic nitrogens is 2. The second kappa shape index (κ2) is 12.3. The third kappa shape index (κ3) is 5.59. The van der Waals surface area contributed by atoms with Crippen molar-refractivity contribution in [1.29, 1.82) is 0 Å². The zero-order valence-electron chi connectivity index (χ0n) is 26.4. The van der Waals surface area contributed by atoms with Crippen molar-refractivity contribution in [3.8, 4) is 11.1 Å². The summed E-state index contributed by atoms with van der Waals surface area (Å²) in [5.74, 6) is 12.3. The smallest absolute Gasteiger partial charge is 0.257 e. The van der Waals surface area contributed by atoms with E-state index in [0.29, 0.717) is 18.8 Å². The van der Waals surface area contributed by atoms with Crippen molar-refractivity contribution >= 4 is 17.2 Å². The number of hydroxylamine groups is 2. The summed E-state index contributed by atoms with van der Waals surface area (Å²) in [7, 11) is 0. The lowest BCUT2D eigenvalue weighted by Crippen LogP contribution is -2.42. The van der Waals surface area contributed by atoms with Gasteiger partial charge in [-0.15, -0.1) is 11.3 Å². The van der Waals surface area contributed by atoms with E-state index >= 15 is 0 Å². The van der Waals surface area contributed by atoms with Crippen LogP contribution < -0.4 is 22.7 Å². The summed E-state index contributed by atoms with van der Waals surface area (Å²) in [6.45, 7) is 12.6. The average Bonchev–Trinajstić information content (AvgIpc) is 3.50. The Morgan fingerprint density at radius 1 is 1.09 bits per heavy atom. The van der Waals surface area contributed by atoms with E-state index in [0.717, 1.165) is 73.9 Å². The minimum atomic E-state index is -0.507. The van der Waals surface area contributed by atoms with E-state index in [9.17, 15) is 10.0 Å². The van der Waals surface area contributed by atoms with Crippen LogP contribution in [0.3, 0.4) is 0 Å². The molecule has 2 aromatic heterocycles. The van der Waals surface area contributed by atoms with Crippen molar-refractivity contribution in [1.82, 2.24) is 20.0 Å². The van der Waals surface area contributed by atoms with Crippen molar-refractivity contribution in [2.24, 2.45) is 16.8 Å². The molecule has 0 radical (unpaired) electrons. The SMILES string of the molecule is CCCCc1nc(C)n(Cc2cc3c(s2)C(C)(C)N(O)C3(C)C)c(=O)c1Cc1ccc(-c2ccccc2C(=NN)NN)cc1. The van der Waals surface area contributed by atoms with Gasteiger partial charge in [-0.3, -0.25) is 9.36 Å². The molecule has 0 bridgehead atoms. The molecule has 0 spiro atoms. The fourth-order valence-electron chi connectivity index (χ4n) is 6.30. The maximum atomic E-state index is 14.2. The van der Waals surface area contributed by atoms with Gasteiger partial charge in [-0.25, -0.2) is 10.8 Å². The van der Waals surface area contributed by atoms with Crippen LogP contribution >= 0.6 is 11.3 Å². The molecule has 1 aliphatic rings. The first-order valence-electron chi connectivity index (χ1n) is 15.1. The summed E-state index contributed by atoms with van der Waals surface area (Å²) in [4.78, 5) is 21.4. The number of rotatable bonds is 9. The molecule has 3 heterocycles. The number of nitrogens with one attached hydrogen (secondary N) is 1. The molecule has 232 valence electrons. The van der Waals surface area contributed by atoms with Crippen LogP contribution in [0.4, 0.5) is 0 Å². The van der Waals surface area contributed by atoms with E-state index in [2.05, 4.69) is 35.7 Å². The second-order valence-electron chi connectivity index (χ2n) is 12.5. The van der Waals surface area contributed by atoms with Gasteiger partial charge in [-0.1, -0.05) is 61.9 Å². The van der Waals surface area contributed by atoms with Crippen molar-refractivity contribution in [3.05, 3.63) is 108 Å². The van der Waals surface area contributed by atoms with Gasteiger partial charge in [0.25, 0.3) is 5.56 Å². The van der Waals surface area contributed by atoms with Crippen LogP contribution in [0.2, 0.25) is 0 Å². The Morgan fingerprint density at radius 3 is 2.43 bits per heavy atom. The number of hydrogen-bond acceptors (Lipinski definition) is 8. The standard InChI is InChI=1S/C34H43N7O2S/c1-7-8-13-29-27(18-22-14-16-23(17-15-22)25-11-9-10-12-26(25)31(38-35)39-36)32(42)40(21(2)37-29)20-24-19-28-30(44-24)34(5,6)41(43)33(28,3)4/h9-12,14-17,19,43H,7-8,13,18,20,35-36H2,1-6H3,(H,38,39). The molecule has 2 aromatic carbocycles. The predicted octanol–water partition coefficient (Wildman–Crippen LogP) is 5.52. The van der Waals surface area contributed by atoms with Gasteiger partial charge in [0.1, 0.15) is 5.82 Å². The maximum absolute atomic E-state index is 14.2. The van der Waals surface area contributed by atoms with E-state index in [1.165, 1.54) is 5.06 Å². The van der Waals surface area contributed by atoms with E-state index in [4.69, 9.17) is 16.7 Å². The molecular formula is C34H43N7O2S. The van der Waals surface area contributed by atoms with Crippen LogP contribution in [0.5, 0.6) is 0 Å². The van der Waals surface area contributed by atoms with Gasteiger partial charge in [-0.05, 0) is 75.8 Å². The van der Waals surface area contributed by atoms with Crippen molar-refractivity contribution in [2.75, 3.05) is 0 Å². The number of hydrazine groups is 1. The summed E-state index contributed by atoms with van der Waals surface area (Å²) >= 11 is 1.66. The van der Waals surface area contributed by atoms with Gasteiger partial charge in [0.2, 0.25) is 0 Å². The molecule has 10 heteroatoms. The molecule has 4 aromatic rings. The predicted molar refractivity (Wildman–Crippen MR) is 178 cm³/mol. The normalized spacial score (nSPS) is 15.9. The highest BCUT2D eigenvalue weighted by atomic mass is 32.1. The molecular weight excluding hydrogens is 570 g/mol. The number of thiophene rings is 1. The Balaban J connectivity index is 1.49. The first-order valence-corrected chi connectivity index (χ1v) is 15.9. The van der Waals surface area contributed by atoms with E-state index in [-0.39, 0.29) is 5.56 Å². The number of hydrazone groups is 1. The molecule has 0 saturated heterocycles. The quantitative estimate of drug-likeness (QED) is 0.0845. The first-order chi connectivity index (χ1) is 20.9. The summed E-state index contributed by atoms with van der Waals surface area (Å²) in [6, 6.07) is 18.1. The number of fused-ring (bicyclic) bond motifs is 1. The fraction of sp³-hybridized carbons (Fsp3) is 0.382. The van der Waals surface area contributed by atoms with Crippen LogP contribution in [-0.4, -0.2) is 25.7 Å². The topological polar surface area (TPSA) is 135 Å². The number of nitrogens with two attached hydrogens (primary N) is 2. The molecule has 0 atom stereocenters. The zero-order valence-corrected chi connectivity index (χ0v) is 27.3. The molecule has 0 fully saturated rings. The molecule has 0 amide bonds. The van der Waals surface area contributed by atoms with Crippen molar-refractivity contribution < 1.29 is 5.21 Å². The molecule has 1 aliphatic heterocycles. The first kappa shape index (κ1) is 31.6. The third-order valence-corrected chi connectivity index (χ3v) is 10.2. The van der Waals surface area contributed by atoms with Gasteiger partial charge in [-0.2, -0.15) is 10.2 Å². The minimum Gasteiger partial charge on any atom is -0.321 e. The summed E-state index contributed by atoms with van der Waals surface area (Å²) in [5, 5.41) is 16.1. The number of amidine groups is 1. The Labute approximate surface area is 263 Å². The van der Waals surface area contributed by atoms with Gasteiger partial charge in [0, 0.05) is 27.3 Å². The molecule has 0 unspecified atom stereocenters. The van der Waals surface area contributed by atoms with Gasteiger partial charge < -0.3 is 16.5 Å². The molecule has 0 saturated carbocycles. The van der Waals surface area contributed by atoms with E-state index in [1.54, 1.807) is 15.9 Å². The van der Waals surface area contributed by atoms with Gasteiger partial charge >= 0.3 is 0 Å². The highest BCUT2D eigenvalue weighted by Gasteiger charge is 2.50. The number of benzene rings is 2. The molecule has 9 nitrogen and oxygen atoms in total. The maximum Gasteiger partial charge on any atom is 0.257 e. The fourth-order valence-corrected chi connectivity index (χ4v) is 7.68. The second-order valence-corrected chi connectivity index (χ2v) is 13.6. The number of nitrogens with zero attached hydrogens (tertiary/aromatic N) is 4. The largest absolute Gasteiger partial charge is 0.321 e. The van der Waals surface area contributed by atoms with E-state index in [1.807, 2.05) is 71.0 Å². The molecule has 5 rings (SSSR count). The van der Waals surface area contributed by atoms with Crippen LogP contribution in [0, 0.1) is 6.92 Å². The Morgan fingerprint density at radius 2 is 1.80 bits per heavy atom. The lowest BCUT2D eigenvalue weighted by molar-refractivity contribution is -0.215.